The summed E-state index contributed by atoms with van der Waals surface area (Å²) < 4.78 is 67.8. The Balaban J connectivity index is 1.42. The first-order chi connectivity index (χ1) is 24.6. The molecule has 6 nitrogen and oxygen atoms in total. The molecule has 0 spiro atoms. The molecule has 0 aromatic heterocycles. The van der Waals surface area contributed by atoms with Crippen molar-refractivity contribution in [2.45, 2.75) is 37.2 Å². The molecule has 1 aliphatic heterocycles. The first kappa shape index (κ1) is 35.8. The van der Waals surface area contributed by atoms with Gasteiger partial charge in [-0.15, -0.1) is 0 Å². The summed E-state index contributed by atoms with van der Waals surface area (Å²) in [7, 11) is 0. The summed E-state index contributed by atoms with van der Waals surface area (Å²) in [5.41, 5.74) is 1.04. The highest BCUT2D eigenvalue weighted by Gasteiger charge is 2.53. The molecule has 1 amide bonds. The van der Waals surface area contributed by atoms with Crippen LogP contribution in [0.25, 0.3) is 11.1 Å². The lowest BCUT2D eigenvalue weighted by atomic mass is 9.81. The second-order valence-electron chi connectivity index (χ2n) is 12.1. The largest absolute Gasteiger partial charge is 0.494 e. The SMILES string of the molecule is O=C(NCc1cc(F)cc(C(F)(F)F)c1)[C@]1(Cc2ccccc2Br)N=C(c2ccc(OCCCO)cc2)O[C@@H]1c1ccc(-c2ccccc2)cc1. The van der Waals surface area contributed by atoms with Gasteiger partial charge in [-0.05, 0) is 76.3 Å². The lowest BCUT2D eigenvalue weighted by molar-refractivity contribution is -0.137. The molecule has 0 bridgehead atoms. The minimum absolute atomic E-state index is 0.000819. The number of hydrogen-bond donors (Lipinski definition) is 2. The molecule has 11 heteroatoms. The van der Waals surface area contributed by atoms with Crippen LogP contribution in [0.15, 0.2) is 131 Å². The highest BCUT2D eigenvalue weighted by Crippen LogP contribution is 2.44. The summed E-state index contributed by atoms with van der Waals surface area (Å²) in [6.07, 6.45) is -5.21. The number of aliphatic hydroxyl groups is 1. The van der Waals surface area contributed by atoms with Gasteiger partial charge < -0.3 is 19.9 Å². The lowest BCUT2D eigenvalue weighted by Crippen LogP contribution is -2.49. The molecule has 2 N–H and O–H groups in total. The number of ether oxygens (including phenoxy) is 2. The summed E-state index contributed by atoms with van der Waals surface area (Å²) in [4.78, 5) is 19.6. The summed E-state index contributed by atoms with van der Waals surface area (Å²) in [5.74, 6) is -0.931. The molecule has 262 valence electrons. The van der Waals surface area contributed by atoms with E-state index in [0.717, 1.165) is 33.3 Å². The van der Waals surface area contributed by atoms with Crippen LogP contribution < -0.4 is 10.1 Å². The molecular formula is C40H33BrF4N2O4. The molecule has 0 aliphatic carbocycles. The van der Waals surface area contributed by atoms with Crippen molar-refractivity contribution in [3.05, 3.63) is 159 Å². The van der Waals surface area contributed by atoms with Gasteiger partial charge in [-0.2, -0.15) is 13.2 Å². The number of alkyl halides is 3. The monoisotopic (exact) mass is 760 g/mol. The van der Waals surface area contributed by atoms with Crippen molar-refractivity contribution in [3.63, 3.8) is 0 Å². The first-order valence-corrected chi connectivity index (χ1v) is 17.0. The van der Waals surface area contributed by atoms with Crippen LogP contribution in [0.2, 0.25) is 0 Å². The standard InChI is InChI=1S/C40H33BrF4N2O4/c41-35-10-5-4-9-31(35)24-39(38(49)46-25-26-21-32(40(43,44)45)23-33(42)22-26)36(29-13-11-28(12-14-29)27-7-2-1-3-8-27)51-37(47-39)30-15-17-34(18-16-30)50-20-6-19-48/h1-5,7-18,21-23,36,48H,6,19-20,24-25H2,(H,46,49)/t36-,39-/m1/s1. The summed E-state index contributed by atoms with van der Waals surface area (Å²) in [6, 6.07) is 33.9. The maximum atomic E-state index is 14.6. The van der Waals surface area contributed by atoms with Gasteiger partial charge in [-0.1, -0.05) is 88.7 Å². The third-order valence-electron chi connectivity index (χ3n) is 8.51. The molecular weight excluding hydrogens is 728 g/mol. The highest BCUT2D eigenvalue weighted by molar-refractivity contribution is 9.10. The van der Waals surface area contributed by atoms with Gasteiger partial charge in [0.1, 0.15) is 11.6 Å². The van der Waals surface area contributed by atoms with Crippen LogP contribution in [-0.4, -0.2) is 35.7 Å². The molecule has 0 saturated carbocycles. The van der Waals surface area contributed by atoms with Crippen LogP contribution in [0.5, 0.6) is 5.75 Å². The molecule has 51 heavy (non-hydrogen) atoms. The quantitative estimate of drug-likeness (QED) is 0.0984. The van der Waals surface area contributed by atoms with Crippen molar-refractivity contribution in [3.8, 4) is 16.9 Å². The molecule has 1 aliphatic rings. The minimum Gasteiger partial charge on any atom is -0.494 e. The number of carbonyl (C=O) groups is 1. The van der Waals surface area contributed by atoms with Crippen molar-refractivity contribution in [1.82, 2.24) is 5.32 Å². The normalized spacial score (nSPS) is 17.1. The zero-order valence-electron chi connectivity index (χ0n) is 27.2. The number of nitrogens with zero attached hydrogens (tertiary/aromatic N) is 1. The molecule has 0 unspecified atom stereocenters. The van der Waals surface area contributed by atoms with E-state index in [9.17, 15) is 22.4 Å². The van der Waals surface area contributed by atoms with Crippen molar-refractivity contribution in [2.24, 2.45) is 4.99 Å². The van der Waals surface area contributed by atoms with E-state index >= 15 is 0 Å². The van der Waals surface area contributed by atoms with Crippen LogP contribution in [0.1, 0.15) is 40.3 Å². The predicted octanol–water partition coefficient (Wildman–Crippen LogP) is 8.85. The van der Waals surface area contributed by atoms with Gasteiger partial charge in [0.25, 0.3) is 5.91 Å². The van der Waals surface area contributed by atoms with Crippen LogP contribution in [0, 0.1) is 5.82 Å². The molecule has 2 atom stereocenters. The average molecular weight is 762 g/mol. The fourth-order valence-corrected chi connectivity index (χ4v) is 6.37. The maximum absolute atomic E-state index is 14.6. The average Bonchev–Trinajstić information content (AvgIpc) is 3.52. The van der Waals surface area contributed by atoms with Gasteiger partial charge >= 0.3 is 6.18 Å². The summed E-state index contributed by atoms with van der Waals surface area (Å²) in [5, 5.41) is 11.8. The van der Waals surface area contributed by atoms with Crippen LogP contribution in [-0.2, 0) is 28.7 Å². The number of nitrogens with one attached hydrogen (secondary N) is 1. The Morgan fingerprint density at radius 2 is 1.55 bits per heavy atom. The highest BCUT2D eigenvalue weighted by atomic mass is 79.9. The van der Waals surface area contributed by atoms with Crippen molar-refractivity contribution >= 4 is 27.7 Å². The van der Waals surface area contributed by atoms with Crippen LogP contribution in [0.4, 0.5) is 17.6 Å². The maximum Gasteiger partial charge on any atom is 0.416 e. The molecule has 0 radical (unpaired) electrons. The van der Waals surface area contributed by atoms with E-state index in [-0.39, 0.29) is 31.0 Å². The Morgan fingerprint density at radius 3 is 2.24 bits per heavy atom. The second-order valence-corrected chi connectivity index (χ2v) is 12.9. The number of aliphatic hydroxyl groups excluding tert-OH is 1. The lowest BCUT2D eigenvalue weighted by Gasteiger charge is -2.31. The zero-order valence-corrected chi connectivity index (χ0v) is 28.8. The Hall–Kier alpha value is -5.00. The second kappa shape index (κ2) is 15.5. The predicted molar refractivity (Wildman–Crippen MR) is 190 cm³/mol. The third-order valence-corrected chi connectivity index (χ3v) is 9.28. The molecule has 5 aromatic carbocycles. The molecule has 0 fully saturated rings. The first-order valence-electron chi connectivity index (χ1n) is 16.2. The Bertz CT molecular complexity index is 2000. The number of benzene rings is 5. The van der Waals surface area contributed by atoms with E-state index in [2.05, 4.69) is 21.2 Å². The number of amides is 1. The van der Waals surface area contributed by atoms with E-state index in [1.54, 1.807) is 24.3 Å². The zero-order chi connectivity index (χ0) is 36.0. The van der Waals surface area contributed by atoms with E-state index in [0.29, 0.717) is 36.0 Å². The molecule has 1 heterocycles. The van der Waals surface area contributed by atoms with Gasteiger partial charge in [0.2, 0.25) is 5.90 Å². The number of aliphatic imine (C=N–C) groups is 1. The summed E-state index contributed by atoms with van der Waals surface area (Å²) >= 11 is 3.59. The number of halogens is 5. The van der Waals surface area contributed by atoms with Gasteiger partial charge in [0, 0.05) is 36.0 Å². The molecule has 5 aromatic rings. The Labute approximate surface area is 300 Å². The van der Waals surface area contributed by atoms with Gasteiger partial charge in [0.15, 0.2) is 11.6 Å². The minimum atomic E-state index is -4.77. The Kier molecular flexibility index (Phi) is 10.9. The third kappa shape index (κ3) is 8.32. The van der Waals surface area contributed by atoms with Gasteiger partial charge in [-0.3, -0.25) is 4.79 Å². The fraction of sp³-hybridized carbons (Fsp3) is 0.200. The van der Waals surface area contributed by atoms with Crippen molar-refractivity contribution in [1.29, 1.82) is 0 Å². The molecule has 6 rings (SSSR count). The van der Waals surface area contributed by atoms with Gasteiger partial charge in [-0.25, -0.2) is 9.38 Å². The molecule has 0 saturated heterocycles. The smallest absolute Gasteiger partial charge is 0.416 e. The topological polar surface area (TPSA) is 80.2 Å². The number of hydrogen-bond acceptors (Lipinski definition) is 5. The van der Waals surface area contributed by atoms with E-state index in [1.807, 2.05) is 78.9 Å². The van der Waals surface area contributed by atoms with Gasteiger partial charge in [0.05, 0.1) is 12.2 Å². The fourth-order valence-electron chi connectivity index (χ4n) is 5.95. The van der Waals surface area contributed by atoms with Crippen LogP contribution in [0.3, 0.4) is 0 Å². The van der Waals surface area contributed by atoms with E-state index in [1.165, 1.54) is 0 Å². The van der Waals surface area contributed by atoms with Crippen molar-refractivity contribution in [2.75, 3.05) is 13.2 Å². The number of rotatable bonds is 12. The number of carbonyl (C=O) groups excluding carboxylic acids is 1. The Morgan fingerprint density at radius 1 is 0.882 bits per heavy atom. The summed E-state index contributed by atoms with van der Waals surface area (Å²) in [6.45, 7) is -0.0536. The van der Waals surface area contributed by atoms with Crippen LogP contribution >= 0.6 is 15.9 Å². The van der Waals surface area contributed by atoms with E-state index in [4.69, 9.17) is 19.6 Å². The van der Waals surface area contributed by atoms with Crippen molar-refractivity contribution < 1.29 is 36.9 Å². The van der Waals surface area contributed by atoms with E-state index < -0.39 is 35.1 Å².